The van der Waals surface area contributed by atoms with Gasteiger partial charge >= 0.3 is 6.11 Å². The Morgan fingerprint density at radius 1 is 1.30 bits per heavy atom. The molecule has 0 radical (unpaired) electrons. The number of benzene rings is 1. The number of fused-ring (bicyclic) bond motifs is 1. The topological polar surface area (TPSA) is 84.0 Å². The number of aryl methyl sites for hydroxylation is 1. The molecular weight excluding hydrogens is 392 g/mol. The smallest absolute Gasteiger partial charge is 0.394 e. The third kappa shape index (κ3) is 4.00. The molecule has 1 amide bonds. The van der Waals surface area contributed by atoms with Crippen LogP contribution >= 0.6 is 0 Å². The zero-order valence-corrected chi connectivity index (χ0v) is 16.8. The van der Waals surface area contributed by atoms with Gasteiger partial charge in [-0.05, 0) is 44.5 Å². The van der Waals surface area contributed by atoms with Crippen molar-refractivity contribution in [1.29, 1.82) is 0 Å². The molecule has 0 bridgehead atoms. The van der Waals surface area contributed by atoms with Gasteiger partial charge in [-0.25, -0.2) is 9.97 Å². The lowest BCUT2D eigenvalue weighted by molar-refractivity contribution is -0.158. The third-order valence-corrected chi connectivity index (χ3v) is 4.95. The predicted octanol–water partition coefficient (Wildman–Crippen LogP) is 3.75. The number of amides is 1. The van der Waals surface area contributed by atoms with E-state index < -0.39 is 6.11 Å². The summed E-state index contributed by atoms with van der Waals surface area (Å²) in [5, 5.41) is 6.93. The molecule has 1 atom stereocenters. The molecule has 0 aliphatic carbocycles. The molecule has 3 heterocycles. The molecule has 0 saturated heterocycles. The highest BCUT2D eigenvalue weighted by atomic mass is 19.3. The Balaban J connectivity index is 1.64. The number of carbonyl (C=O) groups is 1. The number of hydrogen-bond donors (Lipinski definition) is 1. The lowest BCUT2D eigenvalue weighted by Crippen LogP contribution is -2.43. The van der Waals surface area contributed by atoms with Crippen LogP contribution in [0.25, 0.3) is 11.4 Å². The first-order valence-electron chi connectivity index (χ1n) is 9.55. The van der Waals surface area contributed by atoms with Gasteiger partial charge in [0.1, 0.15) is 11.6 Å². The Bertz CT molecular complexity index is 1080. The number of halogens is 2. The molecule has 0 saturated carbocycles. The molecule has 4 rings (SSSR count). The van der Waals surface area contributed by atoms with Crippen molar-refractivity contribution in [3.63, 3.8) is 0 Å². The van der Waals surface area contributed by atoms with Gasteiger partial charge in [0.15, 0.2) is 0 Å². The number of alkyl halides is 2. The molecule has 1 unspecified atom stereocenters. The highest BCUT2D eigenvalue weighted by molar-refractivity contribution is 5.95. The fourth-order valence-electron chi connectivity index (χ4n) is 3.67. The van der Waals surface area contributed by atoms with Crippen LogP contribution in [0.1, 0.15) is 41.3 Å². The average molecular weight is 413 g/mol. The highest BCUT2D eigenvalue weighted by Gasteiger charge is 2.32. The first kappa shape index (κ1) is 19.9. The minimum atomic E-state index is -3.32. The summed E-state index contributed by atoms with van der Waals surface area (Å²) >= 11 is 0. The van der Waals surface area contributed by atoms with Crippen molar-refractivity contribution in [2.75, 3.05) is 0 Å². The minimum Gasteiger partial charge on any atom is -0.433 e. The van der Waals surface area contributed by atoms with Crippen LogP contribution in [0.3, 0.4) is 0 Å². The van der Waals surface area contributed by atoms with Crippen molar-refractivity contribution in [3.8, 4) is 17.1 Å². The standard InChI is InChI=1S/C21H21F2N5O2/c1-12-9-16-18(25-13(2)26-19(16)17-7-8-24-27-17)11-28(12)20(29)14-5-4-6-15(10-14)30-21(3,22)23/h4-8,10,12H,9,11H2,1-3H3,(H,24,27). The van der Waals surface area contributed by atoms with E-state index in [0.29, 0.717) is 25.7 Å². The first-order chi connectivity index (χ1) is 14.2. The Morgan fingerprint density at radius 3 is 2.80 bits per heavy atom. The zero-order valence-electron chi connectivity index (χ0n) is 16.8. The van der Waals surface area contributed by atoms with E-state index in [1.165, 1.54) is 18.2 Å². The second-order valence-corrected chi connectivity index (χ2v) is 7.44. The molecule has 30 heavy (non-hydrogen) atoms. The molecule has 7 nitrogen and oxygen atoms in total. The largest absolute Gasteiger partial charge is 0.433 e. The van der Waals surface area contributed by atoms with E-state index in [9.17, 15) is 13.6 Å². The summed E-state index contributed by atoms with van der Waals surface area (Å²) < 4.78 is 31.0. The van der Waals surface area contributed by atoms with E-state index >= 15 is 0 Å². The van der Waals surface area contributed by atoms with Gasteiger partial charge in [-0.2, -0.15) is 13.9 Å². The van der Waals surface area contributed by atoms with E-state index in [1.807, 2.05) is 13.0 Å². The first-order valence-corrected chi connectivity index (χ1v) is 9.55. The quantitative estimate of drug-likeness (QED) is 0.704. The summed E-state index contributed by atoms with van der Waals surface area (Å²) in [6.07, 6.45) is -1.09. The monoisotopic (exact) mass is 413 g/mol. The Hall–Kier alpha value is -3.36. The molecular formula is C21H21F2N5O2. The van der Waals surface area contributed by atoms with Gasteiger partial charge in [0.05, 0.1) is 23.6 Å². The van der Waals surface area contributed by atoms with E-state index in [4.69, 9.17) is 0 Å². The number of H-pyrrole nitrogens is 1. The van der Waals surface area contributed by atoms with Gasteiger partial charge in [-0.3, -0.25) is 9.89 Å². The molecule has 156 valence electrons. The molecule has 0 spiro atoms. The maximum absolute atomic E-state index is 13.2. The molecule has 3 aromatic rings. The minimum absolute atomic E-state index is 0.0573. The fourth-order valence-corrected chi connectivity index (χ4v) is 3.67. The van der Waals surface area contributed by atoms with E-state index in [0.717, 1.165) is 22.6 Å². The summed E-state index contributed by atoms with van der Waals surface area (Å²) in [5.74, 6) is 0.274. The number of nitrogens with zero attached hydrogens (tertiary/aromatic N) is 4. The lowest BCUT2D eigenvalue weighted by Gasteiger charge is -2.35. The lowest BCUT2D eigenvalue weighted by atomic mass is 9.95. The highest BCUT2D eigenvalue weighted by Crippen LogP contribution is 2.31. The van der Waals surface area contributed by atoms with Crippen LogP contribution in [0.15, 0.2) is 36.5 Å². The number of hydrogen-bond acceptors (Lipinski definition) is 5. The maximum Gasteiger partial charge on any atom is 0.394 e. The van der Waals surface area contributed by atoms with Crippen LogP contribution in [0, 0.1) is 6.92 Å². The number of aromatic amines is 1. The van der Waals surface area contributed by atoms with Crippen LogP contribution in [-0.2, 0) is 13.0 Å². The normalized spacial score (nSPS) is 16.3. The van der Waals surface area contributed by atoms with E-state index in [2.05, 4.69) is 24.9 Å². The second-order valence-electron chi connectivity index (χ2n) is 7.44. The Labute approximate surface area is 172 Å². The van der Waals surface area contributed by atoms with Crippen LogP contribution in [0.4, 0.5) is 8.78 Å². The van der Waals surface area contributed by atoms with Crippen molar-refractivity contribution in [1.82, 2.24) is 25.1 Å². The number of rotatable bonds is 4. The van der Waals surface area contributed by atoms with Crippen molar-refractivity contribution < 1.29 is 18.3 Å². The van der Waals surface area contributed by atoms with E-state index in [1.54, 1.807) is 24.1 Å². The maximum atomic E-state index is 13.2. The molecule has 1 aromatic carbocycles. The zero-order chi connectivity index (χ0) is 21.5. The fraction of sp³-hybridized carbons (Fsp3) is 0.333. The van der Waals surface area contributed by atoms with Crippen LogP contribution in [0.5, 0.6) is 5.75 Å². The summed E-state index contributed by atoms with van der Waals surface area (Å²) in [6, 6.07) is 7.57. The van der Waals surface area contributed by atoms with Crippen molar-refractivity contribution in [3.05, 3.63) is 59.2 Å². The molecule has 1 N–H and O–H groups in total. The summed E-state index contributed by atoms with van der Waals surface area (Å²) in [7, 11) is 0. The summed E-state index contributed by atoms with van der Waals surface area (Å²) in [5.41, 5.74) is 3.62. The van der Waals surface area contributed by atoms with Crippen LogP contribution < -0.4 is 4.74 Å². The molecule has 1 aliphatic rings. The number of nitrogens with one attached hydrogen (secondary N) is 1. The number of ether oxygens (including phenoxy) is 1. The van der Waals surface area contributed by atoms with Gasteiger partial charge in [0.25, 0.3) is 5.91 Å². The van der Waals surface area contributed by atoms with Crippen LogP contribution in [0.2, 0.25) is 0 Å². The summed E-state index contributed by atoms with van der Waals surface area (Å²) in [4.78, 5) is 24.0. The SMILES string of the molecule is Cc1nc2c(c(-c3ccn[nH]3)n1)CC(C)N(C(=O)c1cccc(OC(C)(F)F)c1)C2. The Kier molecular flexibility index (Phi) is 4.97. The Morgan fingerprint density at radius 2 is 2.10 bits per heavy atom. The van der Waals surface area contributed by atoms with Crippen molar-refractivity contribution in [2.45, 2.75) is 45.9 Å². The van der Waals surface area contributed by atoms with Gasteiger partial charge in [-0.15, -0.1) is 0 Å². The summed E-state index contributed by atoms with van der Waals surface area (Å²) in [6.45, 7) is 4.70. The van der Waals surface area contributed by atoms with Gasteiger partial charge < -0.3 is 9.64 Å². The van der Waals surface area contributed by atoms with Crippen molar-refractivity contribution >= 4 is 5.91 Å². The molecule has 2 aromatic heterocycles. The van der Waals surface area contributed by atoms with Crippen LogP contribution in [-0.4, -0.2) is 43.1 Å². The van der Waals surface area contributed by atoms with Gasteiger partial charge in [0.2, 0.25) is 0 Å². The average Bonchev–Trinajstić information content (AvgIpc) is 3.20. The third-order valence-electron chi connectivity index (χ3n) is 4.95. The van der Waals surface area contributed by atoms with E-state index in [-0.39, 0.29) is 23.3 Å². The molecule has 1 aliphatic heterocycles. The predicted molar refractivity (Wildman–Crippen MR) is 105 cm³/mol. The molecule has 0 fully saturated rings. The number of aromatic nitrogens is 4. The second kappa shape index (κ2) is 7.47. The molecule has 9 heteroatoms. The van der Waals surface area contributed by atoms with Gasteiger partial charge in [-0.1, -0.05) is 6.07 Å². The number of carbonyl (C=O) groups excluding carboxylic acids is 1. The van der Waals surface area contributed by atoms with Gasteiger partial charge in [0, 0.05) is 30.3 Å². The van der Waals surface area contributed by atoms with Crippen molar-refractivity contribution in [2.24, 2.45) is 0 Å².